The van der Waals surface area contributed by atoms with Crippen LogP contribution < -0.4 is 0 Å². The lowest BCUT2D eigenvalue weighted by Crippen LogP contribution is -2.52. The van der Waals surface area contributed by atoms with Crippen molar-refractivity contribution in [2.45, 2.75) is 25.1 Å². The van der Waals surface area contributed by atoms with E-state index in [-0.39, 0.29) is 28.6 Å². The van der Waals surface area contributed by atoms with E-state index >= 15 is 0 Å². The van der Waals surface area contributed by atoms with Crippen molar-refractivity contribution >= 4 is 11.6 Å². The molecule has 1 amide bonds. The molecule has 152 valence electrons. The summed E-state index contributed by atoms with van der Waals surface area (Å²) in [5.41, 5.74) is -1.06. The third kappa shape index (κ3) is 3.07. The molecule has 0 bridgehead atoms. The maximum Gasteiger partial charge on any atom is 0.433 e. The zero-order valence-electron chi connectivity index (χ0n) is 15.4. The summed E-state index contributed by atoms with van der Waals surface area (Å²) in [6.07, 6.45) is -0.000728. The molecule has 0 aromatic carbocycles. The number of furan rings is 1. The Morgan fingerprint density at radius 1 is 1.24 bits per heavy atom. The summed E-state index contributed by atoms with van der Waals surface area (Å²) in [6.45, 7) is 2.91. The highest BCUT2D eigenvalue weighted by Crippen LogP contribution is 2.33. The molecule has 2 saturated heterocycles. The molecule has 0 radical (unpaired) electrons. The summed E-state index contributed by atoms with van der Waals surface area (Å²) in [7, 11) is 0. The molecule has 0 spiro atoms. The summed E-state index contributed by atoms with van der Waals surface area (Å²) in [4.78, 5) is 21.5. The van der Waals surface area contributed by atoms with Gasteiger partial charge in [0, 0.05) is 25.7 Å². The van der Waals surface area contributed by atoms with Gasteiger partial charge in [-0.05, 0) is 37.6 Å². The second-order valence-electron chi connectivity index (χ2n) is 7.38. The summed E-state index contributed by atoms with van der Waals surface area (Å²) in [5, 5.41) is 3.84. The number of hydrogen-bond donors (Lipinski definition) is 0. The molecule has 3 aromatic rings. The number of aromatic nitrogens is 3. The smallest absolute Gasteiger partial charge is 0.433 e. The molecule has 0 N–H and O–H groups in total. The number of carbonyl (C=O) groups is 1. The van der Waals surface area contributed by atoms with Crippen LogP contribution in [0.5, 0.6) is 0 Å². The van der Waals surface area contributed by atoms with Gasteiger partial charge in [-0.1, -0.05) is 0 Å². The molecule has 10 heteroatoms. The molecule has 0 saturated carbocycles. The molecule has 2 fully saturated rings. The van der Waals surface area contributed by atoms with Crippen LogP contribution in [0, 0.1) is 0 Å². The van der Waals surface area contributed by atoms with Crippen molar-refractivity contribution in [2.24, 2.45) is 0 Å². The quantitative estimate of drug-likeness (QED) is 0.656. The SMILES string of the molecule is O=C(c1cnn2c(C(F)(F)F)cc(-c3ccco3)nc12)N1CCN2CCC[C@@H]2C1. The minimum absolute atomic E-state index is 0.00462. The monoisotopic (exact) mass is 405 g/mol. The Balaban J connectivity index is 1.57. The Kier molecular flexibility index (Phi) is 4.12. The van der Waals surface area contributed by atoms with Crippen LogP contribution in [-0.4, -0.2) is 62.5 Å². The molecular formula is C19H18F3N5O2. The molecule has 29 heavy (non-hydrogen) atoms. The highest BCUT2D eigenvalue weighted by atomic mass is 19.4. The molecule has 5 rings (SSSR count). The van der Waals surface area contributed by atoms with Gasteiger partial charge < -0.3 is 9.32 Å². The van der Waals surface area contributed by atoms with Crippen molar-refractivity contribution < 1.29 is 22.4 Å². The largest absolute Gasteiger partial charge is 0.463 e. The number of alkyl halides is 3. The van der Waals surface area contributed by atoms with Crippen molar-refractivity contribution in [2.75, 3.05) is 26.2 Å². The number of amides is 1. The van der Waals surface area contributed by atoms with Gasteiger partial charge >= 0.3 is 6.18 Å². The fraction of sp³-hybridized carbons (Fsp3) is 0.421. The highest BCUT2D eigenvalue weighted by molar-refractivity contribution is 6.00. The van der Waals surface area contributed by atoms with E-state index in [0.29, 0.717) is 23.6 Å². The molecule has 0 aliphatic carbocycles. The maximum atomic E-state index is 13.6. The van der Waals surface area contributed by atoms with E-state index < -0.39 is 11.9 Å². The van der Waals surface area contributed by atoms with Crippen LogP contribution in [0.3, 0.4) is 0 Å². The van der Waals surface area contributed by atoms with Crippen LogP contribution in [-0.2, 0) is 6.18 Å². The van der Waals surface area contributed by atoms with Crippen molar-refractivity contribution in [3.63, 3.8) is 0 Å². The van der Waals surface area contributed by atoms with E-state index in [4.69, 9.17) is 4.42 Å². The predicted octanol–water partition coefficient (Wildman–Crippen LogP) is 2.93. The first kappa shape index (κ1) is 18.2. The van der Waals surface area contributed by atoms with Gasteiger partial charge in [0.15, 0.2) is 17.1 Å². The van der Waals surface area contributed by atoms with Crippen LogP contribution in [0.25, 0.3) is 17.1 Å². The van der Waals surface area contributed by atoms with E-state index in [1.165, 1.54) is 18.5 Å². The lowest BCUT2D eigenvalue weighted by molar-refractivity contribution is -0.142. The van der Waals surface area contributed by atoms with Crippen molar-refractivity contribution in [3.8, 4) is 11.5 Å². The number of hydrogen-bond acceptors (Lipinski definition) is 5. The summed E-state index contributed by atoms with van der Waals surface area (Å²) in [6, 6.07) is 4.28. The third-order valence-corrected chi connectivity index (χ3v) is 5.64. The molecule has 2 aliphatic rings. The number of carbonyl (C=O) groups excluding carboxylic acids is 1. The normalized spacial score (nSPS) is 20.4. The maximum absolute atomic E-state index is 13.6. The first-order valence-corrected chi connectivity index (χ1v) is 9.45. The van der Waals surface area contributed by atoms with Crippen LogP contribution in [0.15, 0.2) is 35.1 Å². The van der Waals surface area contributed by atoms with Crippen LogP contribution in [0.1, 0.15) is 28.9 Å². The van der Waals surface area contributed by atoms with Crippen LogP contribution in [0.2, 0.25) is 0 Å². The fourth-order valence-corrected chi connectivity index (χ4v) is 4.21. The zero-order chi connectivity index (χ0) is 20.2. The molecule has 1 atom stereocenters. The van der Waals surface area contributed by atoms with Crippen molar-refractivity contribution in [3.05, 3.63) is 41.9 Å². The fourth-order valence-electron chi connectivity index (χ4n) is 4.21. The van der Waals surface area contributed by atoms with Gasteiger partial charge in [-0.25, -0.2) is 9.50 Å². The summed E-state index contributed by atoms with van der Waals surface area (Å²) < 4.78 is 46.8. The van der Waals surface area contributed by atoms with Crippen LogP contribution >= 0.6 is 0 Å². The van der Waals surface area contributed by atoms with E-state index in [0.717, 1.165) is 32.0 Å². The standard InChI is InChI=1S/C19H18F3N5O2/c20-19(21,22)16-9-14(15-4-2-8-29-15)24-17-13(10-23-27(16)17)18(28)26-7-6-25-5-1-3-12(25)11-26/h2,4,8-10,12H,1,3,5-7,11H2/t12-/m1/s1. The Labute approximate surface area is 163 Å². The molecular weight excluding hydrogens is 387 g/mol. The van der Waals surface area contributed by atoms with E-state index in [1.54, 1.807) is 11.0 Å². The van der Waals surface area contributed by atoms with E-state index in [9.17, 15) is 18.0 Å². The second-order valence-corrected chi connectivity index (χ2v) is 7.38. The highest BCUT2D eigenvalue weighted by Gasteiger charge is 2.38. The topological polar surface area (TPSA) is 66.9 Å². The summed E-state index contributed by atoms with van der Waals surface area (Å²) >= 11 is 0. The number of fused-ring (bicyclic) bond motifs is 2. The van der Waals surface area contributed by atoms with Crippen molar-refractivity contribution in [1.29, 1.82) is 0 Å². The average molecular weight is 405 g/mol. The minimum atomic E-state index is -4.66. The molecule has 2 aliphatic heterocycles. The first-order chi connectivity index (χ1) is 13.9. The predicted molar refractivity (Wildman–Crippen MR) is 96.2 cm³/mol. The van der Waals surface area contributed by atoms with Crippen molar-refractivity contribution in [1.82, 2.24) is 24.4 Å². The Morgan fingerprint density at radius 3 is 2.86 bits per heavy atom. The molecule has 3 aromatic heterocycles. The lowest BCUT2D eigenvalue weighted by Gasteiger charge is -2.37. The van der Waals surface area contributed by atoms with Gasteiger partial charge in [0.2, 0.25) is 0 Å². The number of piperazine rings is 1. The van der Waals surface area contributed by atoms with Gasteiger partial charge in [-0.2, -0.15) is 18.3 Å². The van der Waals surface area contributed by atoms with Gasteiger partial charge in [0.1, 0.15) is 11.3 Å². The van der Waals surface area contributed by atoms with Gasteiger partial charge in [0.25, 0.3) is 5.91 Å². The molecule has 5 heterocycles. The van der Waals surface area contributed by atoms with Gasteiger partial charge in [0.05, 0.1) is 12.5 Å². The second kappa shape index (κ2) is 6.58. The summed E-state index contributed by atoms with van der Waals surface area (Å²) in [5.74, 6) is -0.152. The Morgan fingerprint density at radius 2 is 2.10 bits per heavy atom. The Bertz CT molecular complexity index is 1060. The minimum Gasteiger partial charge on any atom is -0.463 e. The first-order valence-electron chi connectivity index (χ1n) is 9.45. The molecule has 7 nitrogen and oxygen atoms in total. The number of halogens is 3. The Hall–Kier alpha value is -2.88. The molecule has 0 unspecified atom stereocenters. The van der Waals surface area contributed by atoms with E-state index in [2.05, 4.69) is 15.0 Å². The third-order valence-electron chi connectivity index (χ3n) is 5.64. The van der Waals surface area contributed by atoms with E-state index in [1.807, 2.05) is 0 Å². The van der Waals surface area contributed by atoms with Crippen LogP contribution in [0.4, 0.5) is 13.2 Å². The lowest BCUT2D eigenvalue weighted by atomic mass is 10.1. The number of nitrogens with zero attached hydrogens (tertiary/aromatic N) is 5. The zero-order valence-corrected chi connectivity index (χ0v) is 15.4. The average Bonchev–Trinajstić information content (AvgIpc) is 3.45. The van der Waals surface area contributed by atoms with Gasteiger partial charge in [-0.3, -0.25) is 9.69 Å². The number of rotatable bonds is 2. The van der Waals surface area contributed by atoms with Gasteiger partial charge in [-0.15, -0.1) is 0 Å².